The van der Waals surface area contributed by atoms with Gasteiger partial charge in [-0.2, -0.15) is 0 Å². The number of nitrogens with zero attached hydrogens (tertiary/aromatic N) is 1. The number of amides is 1. The van der Waals surface area contributed by atoms with Crippen LogP contribution in [0.2, 0.25) is 0 Å². The SMILES string of the molecule is CC1(O)CCN(C(=O)C2(N)CCOC2)C1. The van der Waals surface area contributed by atoms with E-state index in [1.54, 1.807) is 11.8 Å². The van der Waals surface area contributed by atoms with Crippen LogP contribution in [-0.4, -0.2) is 53.4 Å². The maximum absolute atomic E-state index is 12.1. The lowest BCUT2D eigenvalue weighted by molar-refractivity contribution is -0.136. The van der Waals surface area contributed by atoms with Gasteiger partial charge in [-0.15, -0.1) is 0 Å². The van der Waals surface area contributed by atoms with E-state index < -0.39 is 11.1 Å². The van der Waals surface area contributed by atoms with E-state index >= 15 is 0 Å². The number of rotatable bonds is 1. The van der Waals surface area contributed by atoms with Gasteiger partial charge in [0.2, 0.25) is 5.91 Å². The van der Waals surface area contributed by atoms with Crippen LogP contribution < -0.4 is 5.73 Å². The average Bonchev–Trinajstić information content (AvgIpc) is 2.72. The van der Waals surface area contributed by atoms with E-state index in [9.17, 15) is 9.90 Å². The average molecular weight is 214 g/mol. The minimum Gasteiger partial charge on any atom is -0.388 e. The second kappa shape index (κ2) is 3.43. The lowest BCUT2D eigenvalue weighted by Crippen LogP contribution is -2.55. The van der Waals surface area contributed by atoms with Gasteiger partial charge in [0.05, 0.1) is 12.2 Å². The van der Waals surface area contributed by atoms with E-state index in [0.29, 0.717) is 39.1 Å². The molecular weight excluding hydrogens is 196 g/mol. The first-order chi connectivity index (χ1) is 6.93. The summed E-state index contributed by atoms with van der Waals surface area (Å²) in [7, 11) is 0. The number of ether oxygens (including phenoxy) is 1. The van der Waals surface area contributed by atoms with E-state index in [4.69, 9.17) is 10.5 Å². The summed E-state index contributed by atoms with van der Waals surface area (Å²) in [5, 5.41) is 9.77. The maximum Gasteiger partial charge on any atom is 0.245 e. The molecular formula is C10H18N2O3. The second-order valence-corrected chi connectivity index (χ2v) is 4.93. The van der Waals surface area contributed by atoms with Crippen molar-refractivity contribution >= 4 is 5.91 Å². The third-order valence-electron chi connectivity index (χ3n) is 3.22. The Morgan fingerprint density at radius 3 is 2.73 bits per heavy atom. The number of likely N-dealkylation sites (tertiary alicyclic amines) is 1. The highest BCUT2D eigenvalue weighted by Crippen LogP contribution is 2.25. The van der Waals surface area contributed by atoms with Crippen LogP contribution in [0.5, 0.6) is 0 Å². The van der Waals surface area contributed by atoms with Crippen molar-refractivity contribution in [3.8, 4) is 0 Å². The topological polar surface area (TPSA) is 75.8 Å². The Balaban J connectivity index is 2.03. The molecule has 2 aliphatic rings. The molecule has 86 valence electrons. The van der Waals surface area contributed by atoms with Crippen LogP contribution in [0.3, 0.4) is 0 Å². The number of carbonyl (C=O) groups excluding carboxylic acids is 1. The van der Waals surface area contributed by atoms with Gasteiger partial charge in [0, 0.05) is 19.7 Å². The number of hydrogen-bond donors (Lipinski definition) is 2. The molecule has 2 atom stereocenters. The summed E-state index contributed by atoms with van der Waals surface area (Å²) in [6.45, 7) is 3.56. The van der Waals surface area contributed by atoms with Crippen molar-refractivity contribution in [3.63, 3.8) is 0 Å². The third kappa shape index (κ3) is 2.00. The predicted octanol–water partition coefficient (Wildman–Crippen LogP) is -0.912. The summed E-state index contributed by atoms with van der Waals surface area (Å²) in [6.07, 6.45) is 1.19. The molecule has 2 unspecified atom stereocenters. The molecule has 0 saturated carbocycles. The zero-order valence-corrected chi connectivity index (χ0v) is 9.03. The first-order valence-electron chi connectivity index (χ1n) is 5.31. The zero-order chi connectivity index (χ0) is 11.1. The van der Waals surface area contributed by atoms with Crippen molar-refractivity contribution in [2.24, 2.45) is 5.73 Å². The molecule has 0 aliphatic carbocycles. The number of hydrogen-bond acceptors (Lipinski definition) is 4. The Bertz CT molecular complexity index is 272. The van der Waals surface area contributed by atoms with Crippen molar-refractivity contribution in [3.05, 3.63) is 0 Å². The molecule has 15 heavy (non-hydrogen) atoms. The Hall–Kier alpha value is -0.650. The Morgan fingerprint density at radius 2 is 2.27 bits per heavy atom. The van der Waals surface area contributed by atoms with Crippen LogP contribution >= 0.6 is 0 Å². The Morgan fingerprint density at radius 1 is 1.53 bits per heavy atom. The van der Waals surface area contributed by atoms with Gasteiger partial charge in [-0.05, 0) is 19.8 Å². The van der Waals surface area contributed by atoms with Gasteiger partial charge in [-0.3, -0.25) is 4.79 Å². The molecule has 1 amide bonds. The highest BCUT2D eigenvalue weighted by molar-refractivity contribution is 5.87. The molecule has 0 aromatic heterocycles. The van der Waals surface area contributed by atoms with E-state index in [1.807, 2.05) is 0 Å². The molecule has 2 heterocycles. The van der Waals surface area contributed by atoms with Crippen molar-refractivity contribution in [2.45, 2.75) is 30.9 Å². The van der Waals surface area contributed by atoms with E-state index in [1.165, 1.54) is 0 Å². The van der Waals surface area contributed by atoms with Gasteiger partial charge in [0.15, 0.2) is 0 Å². The van der Waals surface area contributed by atoms with Crippen molar-refractivity contribution < 1.29 is 14.6 Å². The van der Waals surface area contributed by atoms with E-state index in [2.05, 4.69) is 0 Å². The van der Waals surface area contributed by atoms with Crippen LogP contribution in [-0.2, 0) is 9.53 Å². The Kier molecular flexibility index (Phi) is 2.48. The standard InChI is InChI=1S/C10H18N2O3/c1-9(14)2-4-12(6-9)8(13)10(11)3-5-15-7-10/h14H,2-7,11H2,1H3. The molecule has 2 rings (SSSR count). The number of β-amino-alcohol motifs (C(OH)–C–C–N with tert-alkyl or cyclic N) is 1. The molecule has 0 bridgehead atoms. The van der Waals surface area contributed by atoms with Crippen molar-refractivity contribution in [1.82, 2.24) is 4.90 Å². The Labute approximate surface area is 89.2 Å². The maximum atomic E-state index is 12.1. The fourth-order valence-electron chi connectivity index (χ4n) is 2.18. The number of nitrogens with two attached hydrogens (primary N) is 1. The van der Waals surface area contributed by atoms with Crippen molar-refractivity contribution in [1.29, 1.82) is 0 Å². The second-order valence-electron chi connectivity index (χ2n) is 4.93. The summed E-state index contributed by atoms with van der Waals surface area (Å²) >= 11 is 0. The third-order valence-corrected chi connectivity index (χ3v) is 3.22. The van der Waals surface area contributed by atoms with Crippen LogP contribution in [0.4, 0.5) is 0 Å². The number of aliphatic hydroxyl groups is 1. The molecule has 2 aliphatic heterocycles. The zero-order valence-electron chi connectivity index (χ0n) is 9.03. The normalized spacial score (nSPS) is 41.1. The molecule has 3 N–H and O–H groups in total. The summed E-state index contributed by atoms with van der Waals surface area (Å²) < 4.78 is 5.16. The van der Waals surface area contributed by atoms with Crippen molar-refractivity contribution in [2.75, 3.05) is 26.3 Å². The summed E-state index contributed by atoms with van der Waals surface area (Å²) in [4.78, 5) is 13.7. The lowest BCUT2D eigenvalue weighted by Gasteiger charge is -2.28. The van der Waals surface area contributed by atoms with E-state index in [-0.39, 0.29) is 5.91 Å². The minimum atomic E-state index is -0.861. The number of carbonyl (C=O) groups is 1. The molecule has 2 fully saturated rings. The first kappa shape index (κ1) is 10.9. The largest absolute Gasteiger partial charge is 0.388 e. The quantitative estimate of drug-likeness (QED) is 0.592. The van der Waals surface area contributed by atoms with Gasteiger partial charge in [-0.1, -0.05) is 0 Å². The molecule has 0 radical (unpaired) electrons. The molecule has 5 nitrogen and oxygen atoms in total. The van der Waals surface area contributed by atoms with Crippen LogP contribution in [0, 0.1) is 0 Å². The van der Waals surface area contributed by atoms with Crippen LogP contribution in [0.25, 0.3) is 0 Å². The highest BCUT2D eigenvalue weighted by Gasteiger charge is 2.44. The molecule has 0 aromatic rings. The van der Waals surface area contributed by atoms with Gasteiger partial charge < -0.3 is 20.5 Å². The summed E-state index contributed by atoms with van der Waals surface area (Å²) in [5.74, 6) is -0.0854. The van der Waals surface area contributed by atoms with Crippen LogP contribution in [0.15, 0.2) is 0 Å². The summed E-state index contributed by atoms with van der Waals surface area (Å²) in [6, 6.07) is 0. The lowest BCUT2D eigenvalue weighted by atomic mass is 9.98. The highest BCUT2D eigenvalue weighted by atomic mass is 16.5. The fourth-order valence-corrected chi connectivity index (χ4v) is 2.18. The van der Waals surface area contributed by atoms with Gasteiger partial charge >= 0.3 is 0 Å². The summed E-state index contributed by atoms with van der Waals surface area (Å²) in [5.41, 5.74) is 4.35. The van der Waals surface area contributed by atoms with Crippen LogP contribution in [0.1, 0.15) is 19.8 Å². The first-order valence-corrected chi connectivity index (χ1v) is 5.31. The molecule has 2 saturated heterocycles. The van der Waals surface area contributed by atoms with Gasteiger partial charge in [0.1, 0.15) is 5.54 Å². The molecule has 0 spiro atoms. The smallest absolute Gasteiger partial charge is 0.245 e. The van der Waals surface area contributed by atoms with E-state index in [0.717, 1.165) is 0 Å². The fraction of sp³-hybridized carbons (Fsp3) is 0.900. The predicted molar refractivity (Wildman–Crippen MR) is 54.2 cm³/mol. The van der Waals surface area contributed by atoms with Gasteiger partial charge in [-0.25, -0.2) is 0 Å². The molecule has 0 aromatic carbocycles. The van der Waals surface area contributed by atoms with Gasteiger partial charge in [0.25, 0.3) is 0 Å². The molecule has 5 heteroatoms. The monoisotopic (exact) mass is 214 g/mol. The minimum absolute atomic E-state index is 0.0854.